The highest BCUT2D eigenvalue weighted by Gasteiger charge is 2.13. The lowest BCUT2D eigenvalue weighted by atomic mass is 10.1. The molecule has 0 aliphatic heterocycles. The van der Waals surface area contributed by atoms with Crippen LogP contribution in [0.5, 0.6) is 11.5 Å². The Hall–Kier alpha value is -3.51. The van der Waals surface area contributed by atoms with E-state index in [1.165, 1.54) is 6.08 Å². The number of rotatable bonds is 9. The number of amides is 1. The molecule has 1 N–H and O–H groups in total. The van der Waals surface area contributed by atoms with Gasteiger partial charge in [-0.1, -0.05) is 65.7 Å². The Kier molecular flexibility index (Phi) is 9.66. The number of hydrogen-bond donors (Lipinski definition) is 1. The minimum atomic E-state index is -0.559. The van der Waals surface area contributed by atoms with Gasteiger partial charge in [0, 0.05) is 9.26 Å². The third-order valence-corrected chi connectivity index (χ3v) is 6.63. The number of benzene rings is 4. The van der Waals surface area contributed by atoms with Crippen molar-refractivity contribution in [2.24, 2.45) is 0 Å². The van der Waals surface area contributed by atoms with Gasteiger partial charge in [-0.25, -0.2) is 0 Å². The van der Waals surface area contributed by atoms with Gasteiger partial charge in [0.2, 0.25) is 0 Å². The Balaban J connectivity index is 1.39. The molecule has 38 heavy (non-hydrogen) atoms. The lowest BCUT2D eigenvalue weighted by molar-refractivity contribution is -0.112. The molecule has 0 aliphatic rings. The van der Waals surface area contributed by atoms with Crippen molar-refractivity contribution >= 4 is 63.5 Å². The van der Waals surface area contributed by atoms with Crippen LogP contribution in [0.3, 0.4) is 0 Å². The molecule has 0 bridgehead atoms. The Morgan fingerprint density at radius 1 is 0.868 bits per heavy atom. The van der Waals surface area contributed by atoms with Crippen molar-refractivity contribution in [1.82, 2.24) is 0 Å². The van der Waals surface area contributed by atoms with Gasteiger partial charge < -0.3 is 14.8 Å². The number of ether oxygens (including phenoxy) is 2. The molecule has 4 rings (SSSR count). The predicted octanol–water partition coefficient (Wildman–Crippen LogP) is 8.30. The van der Waals surface area contributed by atoms with Crippen LogP contribution in [0.15, 0.2) is 96.6 Å². The fourth-order valence-corrected chi connectivity index (χ4v) is 4.40. The molecule has 0 aliphatic carbocycles. The summed E-state index contributed by atoms with van der Waals surface area (Å²) in [6.07, 6.45) is 1.42. The van der Waals surface area contributed by atoms with E-state index in [4.69, 9.17) is 32.7 Å². The molecular formula is C30H21Cl2IN2O3. The maximum Gasteiger partial charge on any atom is 0.266 e. The molecule has 0 unspecified atom stereocenters. The summed E-state index contributed by atoms with van der Waals surface area (Å²) >= 11 is 15.0. The molecular weight excluding hydrogens is 634 g/mol. The van der Waals surface area contributed by atoms with Crippen LogP contribution in [0.2, 0.25) is 10.0 Å². The van der Waals surface area contributed by atoms with Crippen LogP contribution in [0, 0.1) is 14.9 Å². The second-order valence-electron chi connectivity index (χ2n) is 8.15. The third kappa shape index (κ3) is 7.75. The zero-order valence-electron chi connectivity index (χ0n) is 20.0. The van der Waals surface area contributed by atoms with Crippen LogP contribution in [0.4, 0.5) is 5.69 Å². The van der Waals surface area contributed by atoms with E-state index < -0.39 is 5.91 Å². The molecule has 4 aromatic carbocycles. The van der Waals surface area contributed by atoms with Crippen LogP contribution < -0.4 is 14.8 Å². The van der Waals surface area contributed by atoms with E-state index in [-0.39, 0.29) is 15.6 Å². The molecule has 0 saturated carbocycles. The minimum absolute atomic E-state index is 0.103. The SMILES string of the molecule is N#C/C(=C\c1cc(Cl)c(OCc2ccc(I)cc2)c(Cl)c1)C(=O)Nc1ccc(OCc2ccccc2)cc1. The molecule has 1 amide bonds. The second kappa shape index (κ2) is 13.3. The fourth-order valence-electron chi connectivity index (χ4n) is 3.43. The molecule has 8 heteroatoms. The van der Waals surface area contributed by atoms with Gasteiger partial charge >= 0.3 is 0 Å². The Labute approximate surface area is 244 Å². The smallest absolute Gasteiger partial charge is 0.266 e. The van der Waals surface area contributed by atoms with Gasteiger partial charge in [-0.05, 0) is 93.9 Å². The summed E-state index contributed by atoms with van der Waals surface area (Å²) in [7, 11) is 0. The summed E-state index contributed by atoms with van der Waals surface area (Å²) in [5.74, 6) is 0.440. The van der Waals surface area contributed by atoms with E-state index in [1.54, 1.807) is 36.4 Å². The fraction of sp³-hybridized carbons (Fsp3) is 0.0667. The molecule has 4 aromatic rings. The van der Waals surface area contributed by atoms with Crippen LogP contribution >= 0.6 is 45.8 Å². The summed E-state index contributed by atoms with van der Waals surface area (Å²) in [6.45, 7) is 0.738. The average Bonchev–Trinajstić information content (AvgIpc) is 2.92. The van der Waals surface area contributed by atoms with Gasteiger partial charge in [0.1, 0.15) is 30.6 Å². The van der Waals surface area contributed by atoms with E-state index in [2.05, 4.69) is 27.9 Å². The Morgan fingerprint density at radius 3 is 2.11 bits per heavy atom. The van der Waals surface area contributed by atoms with Crippen LogP contribution in [0.25, 0.3) is 6.08 Å². The Bertz CT molecular complexity index is 1460. The maximum atomic E-state index is 12.7. The van der Waals surface area contributed by atoms with E-state index >= 15 is 0 Å². The summed E-state index contributed by atoms with van der Waals surface area (Å²) in [5.41, 5.74) is 2.95. The highest BCUT2D eigenvalue weighted by Crippen LogP contribution is 2.35. The summed E-state index contributed by atoms with van der Waals surface area (Å²) in [4.78, 5) is 12.7. The van der Waals surface area contributed by atoms with Crippen molar-refractivity contribution in [3.63, 3.8) is 0 Å². The quantitative estimate of drug-likeness (QED) is 0.112. The number of nitrogens with zero attached hydrogens (tertiary/aromatic N) is 1. The molecule has 0 heterocycles. The zero-order chi connectivity index (χ0) is 26.9. The number of nitrogens with one attached hydrogen (secondary N) is 1. The van der Waals surface area contributed by atoms with Crippen LogP contribution in [0.1, 0.15) is 16.7 Å². The number of carbonyl (C=O) groups excluding carboxylic acids is 1. The normalized spacial score (nSPS) is 10.9. The van der Waals surface area contributed by atoms with Gasteiger partial charge in [0.25, 0.3) is 5.91 Å². The third-order valence-electron chi connectivity index (χ3n) is 5.35. The van der Waals surface area contributed by atoms with Crippen molar-refractivity contribution in [3.05, 3.63) is 127 Å². The van der Waals surface area contributed by atoms with Crippen LogP contribution in [-0.2, 0) is 18.0 Å². The molecule has 190 valence electrons. The lowest BCUT2D eigenvalue weighted by Crippen LogP contribution is -2.13. The van der Waals surface area contributed by atoms with Crippen molar-refractivity contribution < 1.29 is 14.3 Å². The predicted molar refractivity (Wildman–Crippen MR) is 159 cm³/mol. The summed E-state index contributed by atoms with van der Waals surface area (Å²) in [5, 5.41) is 12.9. The van der Waals surface area contributed by atoms with E-state index in [0.717, 1.165) is 14.7 Å². The maximum absolute atomic E-state index is 12.7. The second-order valence-corrected chi connectivity index (χ2v) is 10.2. The molecule has 0 aromatic heterocycles. The summed E-state index contributed by atoms with van der Waals surface area (Å²) < 4.78 is 12.7. The van der Waals surface area contributed by atoms with Crippen molar-refractivity contribution in [2.75, 3.05) is 5.32 Å². The first kappa shape index (κ1) is 27.5. The molecule has 0 spiro atoms. The van der Waals surface area contributed by atoms with Gasteiger partial charge in [0.05, 0.1) is 10.0 Å². The van der Waals surface area contributed by atoms with Gasteiger partial charge in [0.15, 0.2) is 5.75 Å². The van der Waals surface area contributed by atoms with Crippen molar-refractivity contribution in [1.29, 1.82) is 5.26 Å². The largest absolute Gasteiger partial charge is 0.489 e. The molecule has 0 atom stereocenters. The standard InChI is InChI=1S/C30H21Cl2IN2O3/c31-27-15-22(16-28(32)29(27)38-19-21-6-8-24(33)9-7-21)14-23(17-34)30(36)35-25-10-12-26(13-11-25)37-18-20-4-2-1-3-5-20/h1-16H,18-19H2,(H,35,36)/b23-14+. The highest BCUT2D eigenvalue weighted by atomic mass is 127. The first-order valence-electron chi connectivity index (χ1n) is 11.5. The number of carbonyl (C=O) groups is 1. The number of hydrogen-bond acceptors (Lipinski definition) is 4. The summed E-state index contributed by atoms with van der Waals surface area (Å²) in [6, 6.07) is 29.8. The first-order valence-corrected chi connectivity index (χ1v) is 13.3. The van der Waals surface area contributed by atoms with E-state index in [0.29, 0.717) is 36.0 Å². The highest BCUT2D eigenvalue weighted by molar-refractivity contribution is 14.1. The van der Waals surface area contributed by atoms with Gasteiger partial charge in [-0.3, -0.25) is 4.79 Å². The topological polar surface area (TPSA) is 71.3 Å². The zero-order valence-corrected chi connectivity index (χ0v) is 23.6. The minimum Gasteiger partial charge on any atom is -0.489 e. The number of halogens is 3. The molecule has 0 fully saturated rings. The van der Waals surface area contributed by atoms with Crippen molar-refractivity contribution in [3.8, 4) is 17.6 Å². The van der Waals surface area contributed by atoms with E-state index in [1.807, 2.05) is 60.7 Å². The monoisotopic (exact) mass is 654 g/mol. The molecule has 0 saturated heterocycles. The van der Waals surface area contributed by atoms with E-state index in [9.17, 15) is 10.1 Å². The number of anilines is 1. The molecule has 5 nitrogen and oxygen atoms in total. The van der Waals surface area contributed by atoms with Gasteiger partial charge in [-0.15, -0.1) is 0 Å². The number of nitriles is 1. The first-order chi connectivity index (χ1) is 18.4. The average molecular weight is 655 g/mol. The lowest BCUT2D eigenvalue weighted by Gasteiger charge is -2.11. The van der Waals surface area contributed by atoms with Gasteiger partial charge in [-0.2, -0.15) is 5.26 Å². The van der Waals surface area contributed by atoms with Crippen molar-refractivity contribution in [2.45, 2.75) is 13.2 Å². The molecule has 0 radical (unpaired) electrons. The Morgan fingerprint density at radius 2 is 1.47 bits per heavy atom. The van der Waals surface area contributed by atoms with Crippen LogP contribution in [-0.4, -0.2) is 5.91 Å².